The number of carbonyl (C=O) groups excluding carboxylic acids is 1. The zero-order chi connectivity index (χ0) is 19.5. The summed E-state index contributed by atoms with van der Waals surface area (Å²) in [6.45, 7) is 2.55. The molecule has 1 amide bonds. The van der Waals surface area contributed by atoms with Crippen molar-refractivity contribution in [3.05, 3.63) is 71.8 Å². The molecule has 7 heteroatoms. The van der Waals surface area contributed by atoms with Crippen LogP contribution in [-0.4, -0.2) is 37.4 Å². The molecule has 1 aliphatic rings. The van der Waals surface area contributed by atoms with Crippen LogP contribution in [0.1, 0.15) is 24.0 Å². The fraction of sp³-hybridized carbons (Fsp3) is 0.286. The SMILES string of the molecule is Cc1ccc(-n2cnnc2SCC(=O)N(Cc2ccc(F)cc2)C2CC2)cc1. The quantitative estimate of drug-likeness (QED) is 0.567. The van der Waals surface area contributed by atoms with E-state index >= 15 is 0 Å². The Morgan fingerprint density at radius 1 is 1.18 bits per heavy atom. The zero-order valence-electron chi connectivity index (χ0n) is 15.6. The monoisotopic (exact) mass is 396 g/mol. The van der Waals surface area contributed by atoms with Crippen LogP contribution >= 0.6 is 11.8 Å². The first-order valence-corrected chi connectivity index (χ1v) is 10.2. The van der Waals surface area contributed by atoms with Crippen molar-refractivity contribution in [2.24, 2.45) is 0 Å². The van der Waals surface area contributed by atoms with E-state index in [9.17, 15) is 9.18 Å². The Bertz CT molecular complexity index is 951. The minimum absolute atomic E-state index is 0.0651. The fourth-order valence-electron chi connectivity index (χ4n) is 3.01. The molecule has 3 aromatic rings. The third kappa shape index (κ3) is 4.42. The van der Waals surface area contributed by atoms with Gasteiger partial charge in [-0.25, -0.2) is 4.39 Å². The molecule has 1 aliphatic carbocycles. The summed E-state index contributed by atoms with van der Waals surface area (Å²) in [5.74, 6) is 0.0942. The average Bonchev–Trinajstić information content (AvgIpc) is 3.43. The van der Waals surface area contributed by atoms with Crippen molar-refractivity contribution < 1.29 is 9.18 Å². The minimum atomic E-state index is -0.265. The molecule has 4 rings (SSSR count). The molecule has 1 aromatic heterocycles. The van der Waals surface area contributed by atoms with Gasteiger partial charge in [0.15, 0.2) is 5.16 Å². The first kappa shape index (κ1) is 18.7. The van der Waals surface area contributed by atoms with E-state index in [0.29, 0.717) is 17.5 Å². The summed E-state index contributed by atoms with van der Waals surface area (Å²) in [4.78, 5) is 14.8. The molecule has 0 unspecified atom stereocenters. The Morgan fingerprint density at radius 2 is 1.89 bits per heavy atom. The minimum Gasteiger partial charge on any atom is -0.335 e. The van der Waals surface area contributed by atoms with Gasteiger partial charge in [-0.05, 0) is 49.6 Å². The Labute approximate surface area is 167 Å². The molecule has 0 saturated heterocycles. The van der Waals surface area contributed by atoms with Gasteiger partial charge in [-0.1, -0.05) is 41.6 Å². The Hall–Kier alpha value is -2.67. The lowest BCUT2D eigenvalue weighted by Gasteiger charge is -2.22. The van der Waals surface area contributed by atoms with E-state index in [1.807, 2.05) is 40.7 Å². The van der Waals surface area contributed by atoms with Crippen LogP contribution in [0.4, 0.5) is 4.39 Å². The van der Waals surface area contributed by atoms with E-state index in [4.69, 9.17) is 0 Å². The van der Waals surface area contributed by atoms with Crippen LogP contribution in [0.5, 0.6) is 0 Å². The topological polar surface area (TPSA) is 51.0 Å². The van der Waals surface area contributed by atoms with E-state index in [1.165, 1.54) is 29.5 Å². The lowest BCUT2D eigenvalue weighted by molar-refractivity contribution is -0.129. The van der Waals surface area contributed by atoms with Gasteiger partial charge in [0.2, 0.25) is 5.91 Å². The Balaban J connectivity index is 1.42. The maximum atomic E-state index is 13.1. The summed E-state index contributed by atoms with van der Waals surface area (Å²) < 4.78 is 15.0. The van der Waals surface area contributed by atoms with Crippen molar-refractivity contribution >= 4 is 17.7 Å². The van der Waals surface area contributed by atoms with Gasteiger partial charge in [-0.15, -0.1) is 10.2 Å². The van der Waals surface area contributed by atoms with E-state index in [0.717, 1.165) is 24.1 Å². The first-order chi connectivity index (χ1) is 13.6. The number of rotatable bonds is 7. The van der Waals surface area contributed by atoms with Gasteiger partial charge in [0, 0.05) is 18.3 Å². The molecular weight excluding hydrogens is 375 g/mol. The highest BCUT2D eigenvalue weighted by atomic mass is 32.2. The number of benzene rings is 2. The summed E-state index contributed by atoms with van der Waals surface area (Å²) >= 11 is 1.39. The number of amides is 1. The number of aromatic nitrogens is 3. The largest absolute Gasteiger partial charge is 0.335 e. The maximum absolute atomic E-state index is 13.1. The molecule has 0 bridgehead atoms. The summed E-state index contributed by atoms with van der Waals surface area (Å²) in [5.41, 5.74) is 3.09. The molecule has 0 N–H and O–H groups in total. The van der Waals surface area contributed by atoms with Gasteiger partial charge >= 0.3 is 0 Å². The lowest BCUT2D eigenvalue weighted by atomic mass is 10.2. The van der Waals surface area contributed by atoms with E-state index in [2.05, 4.69) is 10.2 Å². The summed E-state index contributed by atoms with van der Waals surface area (Å²) in [5, 5.41) is 8.85. The summed E-state index contributed by atoms with van der Waals surface area (Å²) in [7, 11) is 0. The molecule has 5 nitrogen and oxygen atoms in total. The molecule has 0 aliphatic heterocycles. The number of halogens is 1. The maximum Gasteiger partial charge on any atom is 0.233 e. The third-order valence-corrected chi connectivity index (χ3v) is 5.66. The Kier molecular flexibility index (Phi) is 5.43. The van der Waals surface area contributed by atoms with Crippen molar-refractivity contribution in [1.82, 2.24) is 19.7 Å². The summed E-state index contributed by atoms with van der Waals surface area (Å²) in [6.07, 6.45) is 3.71. The molecule has 0 radical (unpaired) electrons. The van der Waals surface area contributed by atoms with Crippen LogP contribution in [0.15, 0.2) is 60.0 Å². The second kappa shape index (κ2) is 8.14. The van der Waals surface area contributed by atoms with Gasteiger partial charge in [-0.2, -0.15) is 0 Å². The standard InChI is InChI=1S/C21H21FN4OS/c1-15-2-8-19(9-3-15)26-14-23-24-21(26)28-13-20(27)25(18-10-11-18)12-16-4-6-17(22)7-5-16/h2-9,14,18H,10-13H2,1H3. The van der Waals surface area contributed by atoms with Gasteiger partial charge in [0.25, 0.3) is 0 Å². The fourth-order valence-corrected chi connectivity index (χ4v) is 3.82. The van der Waals surface area contributed by atoms with Crippen LogP contribution in [0.25, 0.3) is 5.69 Å². The molecule has 0 atom stereocenters. The second-order valence-electron chi connectivity index (χ2n) is 6.99. The second-order valence-corrected chi connectivity index (χ2v) is 7.93. The predicted octanol–water partition coefficient (Wildman–Crippen LogP) is 4.00. The third-order valence-electron chi connectivity index (χ3n) is 4.73. The van der Waals surface area contributed by atoms with Crippen LogP contribution in [0.3, 0.4) is 0 Å². The van der Waals surface area contributed by atoms with Gasteiger partial charge in [-0.3, -0.25) is 9.36 Å². The zero-order valence-corrected chi connectivity index (χ0v) is 16.4. The molecule has 1 fully saturated rings. The highest BCUT2D eigenvalue weighted by Gasteiger charge is 2.32. The molecule has 0 spiro atoms. The normalized spacial score (nSPS) is 13.5. The van der Waals surface area contributed by atoms with Crippen LogP contribution < -0.4 is 0 Å². The van der Waals surface area contributed by atoms with Crippen molar-refractivity contribution in [3.8, 4) is 5.69 Å². The van der Waals surface area contributed by atoms with Crippen molar-refractivity contribution in [3.63, 3.8) is 0 Å². The highest BCUT2D eigenvalue weighted by molar-refractivity contribution is 7.99. The van der Waals surface area contributed by atoms with Crippen molar-refractivity contribution in [2.45, 2.75) is 37.5 Å². The van der Waals surface area contributed by atoms with E-state index in [1.54, 1.807) is 18.5 Å². The molecule has 28 heavy (non-hydrogen) atoms. The molecule has 1 heterocycles. The smallest absolute Gasteiger partial charge is 0.233 e. The number of nitrogens with zero attached hydrogens (tertiary/aromatic N) is 4. The van der Waals surface area contributed by atoms with Gasteiger partial charge in [0.1, 0.15) is 12.1 Å². The van der Waals surface area contributed by atoms with Crippen molar-refractivity contribution in [2.75, 3.05) is 5.75 Å². The number of thioether (sulfide) groups is 1. The van der Waals surface area contributed by atoms with Crippen LogP contribution in [0, 0.1) is 12.7 Å². The van der Waals surface area contributed by atoms with E-state index in [-0.39, 0.29) is 17.8 Å². The molecule has 1 saturated carbocycles. The molecular formula is C21H21FN4OS. The molecule has 144 valence electrons. The lowest BCUT2D eigenvalue weighted by Crippen LogP contribution is -2.34. The first-order valence-electron chi connectivity index (χ1n) is 9.24. The van der Waals surface area contributed by atoms with Gasteiger partial charge < -0.3 is 4.90 Å². The number of hydrogen-bond donors (Lipinski definition) is 0. The van der Waals surface area contributed by atoms with E-state index < -0.39 is 0 Å². The number of hydrogen-bond acceptors (Lipinski definition) is 4. The average molecular weight is 396 g/mol. The van der Waals surface area contributed by atoms with Crippen LogP contribution in [0.2, 0.25) is 0 Å². The summed E-state index contributed by atoms with van der Waals surface area (Å²) in [6, 6.07) is 14.7. The predicted molar refractivity (Wildman–Crippen MR) is 107 cm³/mol. The number of aryl methyl sites for hydroxylation is 1. The van der Waals surface area contributed by atoms with Gasteiger partial charge in [0.05, 0.1) is 5.75 Å². The number of carbonyl (C=O) groups is 1. The Morgan fingerprint density at radius 3 is 2.57 bits per heavy atom. The highest BCUT2D eigenvalue weighted by Crippen LogP contribution is 2.30. The molecule has 2 aromatic carbocycles. The van der Waals surface area contributed by atoms with Crippen molar-refractivity contribution in [1.29, 1.82) is 0 Å². The van der Waals surface area contributed by atoms with Crippen LogP contribution in [-0.2, 0) is 11.3 Å².